The molecule has 2 saturated heterocycles. The second kappa shape index (κ2) is 33.2. The van der Waals surface area contributed by atoms with Crippen LogP contribution in [0.2, 0.25) is 0 Å². The Bertz CT molecular complexity index is 1980. The molecular weight excluding hydrogens is 959 g/mol. The van der Waals surface area contributed by atoms with Gasteiger partial charge in [0.1, 0.15) is 36.0 Å². The number of ketones is 1. The number of nitrogens with zero attached hydrogens (tertiary/aromatic N) is 2. The Kier molecular flexibility index (Phi) is 28.4. The summed E-state index contributed by atoms with van der Waals surface area (Å²) in [6, 6.07) is 0.958. The van der Waals surface area contributed by atoms with Gasteiger partial charge in [0.25, 0.3) is 0 Å². The number of aliphatic hydroxyl groups is 1. The van der Waals surface area contributed by atoms with Crippen molar-refractivity contribution in [2.45, 2.75) is 239 Å². The number of cyclic esters (lactones) is 2. The van der Waals surface area contributed by atoms with Gasteiger partial charge >= 0.3 is 11.9 Å². The van der Waals surface area contributed by atoms with Crippen LogP contribution in [0.3, 0.4) is 0 Å². The fourth-order valence-electron chi connectivity index (χ4n) is 10.0. The minimum Gasteiger partial charge on any atom is -0.497 e. The molecular formula is C58H95N5O12. The van der Waals surface area contributed by atoms with Gasteiger partial charge < -0.3 is 45.1 Å². The Morgan fingerprint density at radius 2 is 1.39 bits per heavy atom. The van der Waals surface area contributed by atoms with Gasteiger partial charge in [-0.05, 0) is 75.0 Å². The quantitative estimate of drug-likeness (QED) is 0.0473. The van der Waals surface area contributed by atoms with Crippen molar-refractivity contribution in [2.24, 2.45) is 23.7 Å². The molecule has 1 aromatic rings. The number of methoxy groups -OCH3 is 1. The van der Waals surface area contributed by atoms with Crippen molar-refractivity contribution in [1.29, 1.82) is 0 Å². The van der Waals surface area contributed by atoms with E-state index in [1.54, 1.807) is 45.0 Å². The number of carbonyl (C=O) groups is 8. The van der Waals surface area contributed by atoms with Gasteiger partial charge in [0.05, 0.1) is 31.6 Å². The number of hydrogen-bond donors (Lipinski definition) is 4. The Balaban J connectivity index is 2.03. The number of likely N-dealkylation sites (N-methyl/N-ethyl adjacent to an activating group) is 1. The zero-order valence-electron chi connectivity index (χ0n) is 47.4. The van der Waals surface area contributed by atoms with Crippen LogP contribution in [0.25, 0.3) is 0 Å². The minimum atomic E-state index is -1.53. The van der Waals surface area contributed by atoms with Gasteiger partial charge in [0.2, 0.25) is 29.5 Å². The molecule has 2 heterocycles. The maximum Gasteiger partial charge on any atom is 0.329 e. The molecule has 2 aliphatic rings. The molecule has 1 aromatic carbocycles. The lowest BCUT2D eigenvalue weighted by atomic mass is 9.91. The number of amides is 5. The number of nitrogens with one attached hydrogen (secondary N) is 3. The third-order valence-corrected chi connectivity index (χ3v) is 15.0. The molecule has 424 valence electrons. The summed E-state index contributed by atoms with van der Waals surface area (Å²) in [4.78, 5) is 117. The lowest BCUT2D eigenvalue weighted by Crippen LogP contribution is -2.59. The minimum absolute atomic E-state index is 0.0333. The van der Waals surface area contributed by atoms with E-state index in [4.69, 9.17) is 14.2 Å². The first-order chi connectivity index (χ1) is 35.6. The summed E-state index contributed by atoms with van der Waals surface area (Å²) >= 11 is 0. The van der Waals surface area contributed by atoms with Crippen LogP contribution in [-0.4, -0.2) is 131 Å². The molecule has 75 heavy (non-hydrogen) atoms. The highest BCUT2D eigenvalue weighted by Gasteiger charge is 2.44. The predicted octanol–water partition coefficient (Wildman–Crippen LogP) is 7.55. The molecule has 0 unspecified atom stereocenters. The first-order valence-corrected chi connectivity index (χ1v) is 28.4. The van der Waals surface area contributed by atoms with Crippen LogP contribution in [0.4, 0.5) is 0 Å². The Labute approximate surface area is 448 Å². The topological polar surface area (TPSA) is 227 Å². The van der Waals surface area contributed by atoms with E-state index in [0.717, 1.165) is 25.7 Å². The largest absolute Gasteiger partial charge is 0.497 e. The number of fused-ring (bicyclic) bond motifs is 1. The molecule has 2 fully saturated rings. The highest BCUT2D eigenvalue weighted by atomic mass is 16.6. The van der Waals surface area contributed by atoms with Gasteiger partial charge in [-0.1, -0.05) is 144 Å². The number of Topliss-reactive ketones (excluding diaryl/α,β-unsaturated/α-hetero) is 1. The van der Waals surface area contributed by atoms with Crippen molar-refractivity contribution in [3.63, 3.8) is 0 Å². The van der Waals surface area contributed by atoms with Gasteiger partial charge in [-0.2, -0.15) is 0 Å². The molecule has 2 aliphatic heterocycles. The summed E-state index contributed by atoms with van der Waals surface area (Å²) in [6.45, 7) is 15.9. The van der Waals surface area contributed by atoms with Crippen molar-refractivity contribution < 1.29 is 57.7 Å². The van der Waals surface area contributed by atoms with Crippen molar-refractivity contribution in [1.82, 2.24) is 25.8 Å². The first-order valence-electron chi connectivity index (χ1n) is 28.4. The first kappa shape index (κ1) is 64.2. The third-order valence-electron chi connectivity index (χ3n) is 15.0. The molecule has 0 radical (unpaired) electrons. The Morgan fingerprint density at radius 1 is 0.800 bits per heavy atom. The lowest BCUT2D eigenvalue weighted by molar-refractivity contribution is -0.163. The molecule has 0 saturated carbocycles. The van der Waals surface area contributed by atoms with E-state index in [2.05, 4.69) is 22.9 Å². The number of esters is 2. The SMILES string of the molecule is CCCCCCCCCCCCCCCC(=O)N[C@H]1C(=O)N[C@H]([C@@H](C)CC)[C@@H](O)CC(=O)O[C@@H](C(C)C)C(=O)[C@H](C)C(=O)N[C@@H](CC(C)C)C(=O)N2CCC[C@H]2C(=O)N(C)[C@@H](Cc2ccc(OC)cc2)C(=O)O[C@@H]1C. The third kappa shape index (κ3) is 20.8. The normalized spacial score (nSPS) is 25.6. The van der Waals surface area contributed by atoms with Crippen molar-refractivity contribution >= 4 is 47.3 Å². The zero-order valence-corrected chi connectivity index (χ0v) is 47.4. The standard InChI is InChI=1S/C58H95N5O12/c1-12-14-15-16-17-18-19-20-21-22-23-24-25-28-48(65)60-51-41(9)74-58(72)46(35-42-29-31-43(73-11)32-30-42)62(10)57(71)45-27-26-33-63(45)56(70)44(34-37(3)4)59-54(68)40(8)52(67)53(38(5)6)75-49(66)36-47(64)50(39(7)13-2)61-55(51)69/h29-32,37-41,44-47,50-51,53,64H,12-28,33-36H2,1-11H3,(H,59,68)(H,60,65)(H,61,69)/t39-,40-,41+,44-,45-,46-,47-,50+,51+,53-/m0/s1. The van der Waals surface area contributed by atoms with E-state index in [0.29, 0.717) is 30.6 Å². The van der Waals surface area contributed by atoms with E-state index < -0.39 is 120 Å². The second-order valence-electron chi connectivity index (χ2n) is 22.0. The van der Waals surface area contributed by atoms with Crippen LogP contribution in [0, 0.1) is 23.7 Å². The van der Waals surface area contributed by atoms with Crippen LogP contribution < -0.4 is 20.7 Å². The summed E-state index contributed by atoms with van der Waals surface area (Å²) in [5.41, 5.74) is 0.647. The summed E-state index contributed by atoms with van der Waals surface area (Å²) in [5.74, 6) is -7.50. The Morgan fingerprint density at radius 3 is 1.93 bits per heavy atom. The number of unbranched alkanes of at least 4 members (excludes halogenated alkanes) is 12. The monoisotopic (exact) mass is 1050 g/mol. The molecule has 5 amide bonds. The van der Waals surface area contributed by atoms with Crippen LogP contribution in [0.1, 0.15) is 190 Å². The van der Waals surface area contributed by atoms with Gasteiger partial charge in [-0.15, -0.1) is 0 Å². The average molecular weight is 1050 g/mol. The zero-order chi connectivity index (χ0) is 55.8. The lowest BCUT2D eigenvalue weighted by Gasteiger charge is -2.35. The van der Waals surface area contributed by atoms with Gasteiger partial charge in [0, 0.05) is 26.4 Å². The van der Waals surface area contributed by atoms with Crippen LogP contribution in [-0.2, 0) is 54.3 Å². The maximum atomic E-state index is 14.8. The molecule has 3 rings (SSSR count). The Hall–Kier alpha value is -5.06. The molecule has 0 spiro atoms. The molecule has 17 nitrogen and oxygen atoms in total. The van der Waals surface area contributed by atoms with Crippen molar-refractivity contribution in [3.05, 3.63) is 29.8 Å². The summed E-state index contributed by atoms with van der Waals surface area (Å²) in [7, 11) is 2.98. The molecule has 0 aliphatic carbocycles. The second-order valence-corrected chi connectivity index (χ2v) is 22.0. The van der Waals surface area contributed by atoms with E-state index in [1.165, 1.54) is 89.2 Å². The van der Waals surface area contributed by atoms with Crippen LogP contribution in [0.15, 0.2) is 24.3 Å². The smallest absolute Gasteiger partial charge is 0.329 e. The van der Waals surface area contributed by atoms with Crippen molar-refractivity contribution in [3.8, 4) is 5.75 Å². The van der Waals surface area contributed by atoms with Crippen molar-refractivity contribution in [2.75, 3.05) is 20.7 Å². The number of aliphatic hydroxyl groups excluding tert-OH is 1. The van der Waals surface area contributed by atoms with Crippen LogP contribution >= 0.6 is 0 Å². The van der Waals surface area contributed by atoms with Crippen LogP contribution in [0.5, 0.6) is 5.75 Å². The molecule has 0 bridgehead atoms. The number of benzene rings is 1. The van der Waals surface area contributed by atoms with Gasteiger partial charge in [-0.25, -0.2) is 4.79 Å². The van der Waals surface area contributed by atoms with E-state index in [1.807, 2.05) is 20.8 Å². The highest BCUT2D eigenvalue weighted by molar-refractivity contribution is 6.05. The predicted molar refractivity (Wildman–Crippen MR) is 288 cm³/mol. The number of carbonyl (C=O) groups excluding carboxylic acids is 8. The molecule has 10 atom stereocenters. The van der Waals surface area contributed by atoms with E-state index in [-0.39, 0.29) is 38.1 Å². The van der Waals surface area contributed by atoms with E-state index in [9.17, 15) is 43.5 Å². The number of rotatable bonds is 23. The van der Waals surface area contributed by atoms with Gasteiger partial charge in [-0.3, -0.25) is 33.6 Å². The molecule has 17 heteroatoms. The summed E-state index contributed by atoms with van der Waals surface area (Å²) in [6.07, 6.45) is 11.2. The highest BCUT2D eigenvalue weighted by Crippen LogP contribution is 2.26. The van der Waals surface area contributed by atoms with Gasteiger partial charge in [0.15, 0.2) is 11.9 Å². The fraction of sp³-hybridized carbons (Fsp3) is 0.759. The average Bonchev–Trinajstić information content (AvgIpc) is 3.87. The van der Waals surface area contributed by atoms with E-state index >= 15 is 0 Å². The molecule has 4 N–H and O–H groups in total. The fourth-order valence-corrected chi connectivity index (χ4v) is 10.0. The summed E-state index contributed by atoms with van der Waals surface area (Å²) < 4.78 is 17.2. The number of hydrogen-bond acceptors (Lipinski definition) is 12. The number of ether oxygens (including phenoxy) is 3. The molecule has 0 aromatic heterocycles. The maximum absolute atomic E-state index is 14.8. The summed E-state index contributed by atoms with van der Waals surface area (Å²) in [5, 5.41) is 20.1.